The van der Waals surface area contributed by atoms with Gasteiger partial charge in [0.05, 0.1) is 0 Å². The Balaban J connectivity index is 1.38. The number of carbonyl (C=O) groups is 1. The highest BCUT2D eigenvalue weighted by Gasteiger charge is 2.28. The van der Waals surface area contributed by atoms with E-state index in [4.69, 9.17) is 9.47 Å². The first kappa shape index (κ1) is 15.3. The Morgan fingerprint density at radius 2 is 1.56 bits per heavy atom. The molecular formula is C21H17NO3. The van der Waals surface area contributed by atoms with E-state index < -0.39 is 6.10 Å². The molecular weight excluding hydrogens is 314 g/mol. The average molecular weight is 331 g/mol. The van der Waals surface area contributed by atoms with Crippen molar-refractivity contribution in [3.63, 3.8) is 0 Å². The first-order valence-electron chi connectivity index (χ1n) is 8.16. The van der Waals surface area contributed by atoms with Gasteiger partial charge >= 0.3 is 0 Å². The van der Waals surface area contributed by atoms with E-state index in [1.807, 2.05) is 78.9 Å². The highest BCUT2D eigenvalue weighted by atomic mass is 16.5. The largest absolute Gasteiger partial charge is 0.480 e. The molecule has 0 saturated carbocycles. The summed E-state index contributed by atoms with van der Waals surface area (Å²) in [5.41, 5.74) is 1.78. The summed E-state index contributed by atoms with van der Waals surface area (Å²) in [4.78, 5) is 12.4. The van der Waals surface area contributed by atoms with Gasteiger partial charge in [0.2, 0.25) is 0 Å². The van der Waals surface area contributed by atoms with Gasteiger partial charge in [0.25, 0.3) is 5.91 Å². The number of amides is 1. The minimum Gasteiger partial charge on any atom is -0.480 e. The van der Waals surface area contributed by atoms with Gasteiger partial charge in [-0.1, -0.05) is 36.4 Å². The number of hydrogen-bond acceptors (Lipinski definition) is 3. The van der Waals surface area contributed by atoms with Crippen molar-refractivity contribution in [2.24, 2.45) is 0 Å². The second-order valence-electron chi connectivity index (χ2n) is 5.85. The van der Waals surface area contributed by atoms with Crippen molar-refractivity contribution in [3.8, 4) is 17.2 Å². The van der Waals surface area contributed by atoms with Gasteiger partial charge < -0.3 is 14.8 Å². The third kappa shape index (κ3) is 3.48. The second kappa shape index (κ2) is 6.69. The van der Waals surface area contributed by atoms with Crippen LogP contribution in [0.5, 0.6) is 17.2 Å². The molecule has 4 rings (SSSR count). The summed E-state index contributed by atoms with van der Waals surface area (Å²) in [5, 5.41) is 2.89. The van der Waals surface area contributed by atoms with Crippen molar-refractivity contribution in [2.45, 2.75) is 12.5 Å². The molecule has 0 aliphatic carbocycles. The molecule has 1 aliphatic rings. The van der Waals surface area contributed by atoms with Crippen molar-refractivity contribution in [3.05, 3.63) is 84.4 Å². The van der Waals surface area contributed by atoms with Gasteiger partial charge in [-0.2, -0.15) is 0 Å². The predicted octanol–water partition coefficient (Wildman–Crippen LogP) is 4.42. The third-order valence-corrected chi connectivity index (χ3v) is 4.04. The van der Waals surface area contributed by atoms with Gasteiger partial charge in [0.15, 0.2) is 6.10 Å². The number of ether oxygens (including phenoxy) is 2. The number of anilines is 1. The molecule has 0 aromatic heterocycles. The molecule has 3 aromatic rings. The van der Waals surface area contributed by atoms with Crippen LogP contribution in [0, 0.1) is 0 Å². The number of fused-ring (bicyclic) bond motifs is 1. The Hall–Kier alpha value is -3.27. The molecule has 1 N–H and O–H groups in total. The molecule has 4 nitrogen and oxygen atoms in total. The number of hydrogen-bond donors (Lipinski definition) is 1. The summed E-state index contributed by atoms with van der Waals surface area (Å²) in [6, 6.07) is 24.6. The van der Waals surface area contributed by atoms with E-state index in [9.17, 15) is 4.79 Å². The minimum absolute atomic E-state index is 0.145. The molecule has 3 aromatic carbocycles. The molecule has 25 heavy (non-hydrogen) atoms. The van der Waals surface area contributed by atoms with Crippen LogP contribution in [0.2, 0.25) is 0 Å². The Morgan fingerprint density at radius 3 is 2.32 bits per heavy atom. The minimum atomic E-state index is -0.488. The maximum atomic E-state index is 12.4. The van der Waals surface area contributed by atoms with Gasteiger partial charge in [-0.05, 0) is 48.0 Å². The lowest BCUT2D eigenvalue weighted by Crippen LogP contribution is -2.31. The number of rotatable bonds is 4. The maximum absolute atomic E-state index is 12.4. The number of nitrogens with one attached hydrogen (secondary N) is 1. The van der Waals surface area contributed by atoms with Crippen molar-refractivity contribution in [1.82, 2.24) is 0 Å². The van der Waals surface area contributed by atoms with E-state index in [0.717, 1.165) is 17.1 Å². The van der Waals surface area contributed by atoms with Crippen molar-refractivity contribution < 1.29 is 14.3 Å². The van der Waals surface area contributed by atoms with Crippen LogP contribution in [0.4, 0.5) is 5.69 Å². The summed E-state index contributed by atoms with van der Waals surface area (Å²) in [6.45, 7) is 0. The van der Waals surface area contributed by atoms with E-state index in [1.54, 1.807) is 0 Å². The van der Waals surface area contributed by atoms with Crippen LogP contribution in [0.3, 0.4) is 0 Å². The fourth-order valence-electron chi connectivity index (χ4n) is 2.78. The first-order valence-corrected chi connectivity index (χ1v) is 8.16. The molecule has 4 heteroatoms. The normalized spacial score (nSPS) is 15.1. The fourth-order valence-corrected chi connectivity index (χ4v) is 2.78. The van der Waals surface area contributed by atoms with Crippen molar-refractivity contribution >= 4 is 11.6 Å². The monoisotopic (exact) mass is 331 g/mol. The fraction of sp³-hybridized carbons (Fsp3) is 0.0952. The van der Waals surface area contributed by atoms with Crippen LogP contribution in [0.25, 0.3) is 0 Å². The molecule has 1 atom stereocenters. The zero-order valence-electron chi connectivity index (χ0n) is 13.5. The number of carbonyl (C=O) groups excluding carboxylic acids is 1. The Bertz CT molecular complexity index is 850. The second-order valence-corrected chi connectivity index (χ2v) is 5.85. The van der Waals surface area contributed by atoms with Crippen LogP contribution in [0.15, 0.2) is 78.9 Å². The van der Waals surface area contributed by atoms with Crippen molar-refractivity contribution in [1.29, 1.82) is 0 Å². The maximum Gasteiger partial charge on any atom is 0.265 e. The van der Waals surface area contributed by atoms with Gasteiger partial charge in [0, 0.05) is 12.1 Å². The van der Waals surface area contributed by atoms with E-state index in [2.05, 4.69) is 5.32 Å². The van der Waals surface area contributed by atoms with Crippen LogP contribution in [0.1, 0.15) is 5.56 Å². The standard InChI is InChI=1S/C21H17NO3/c23-21(20-14-15-6-4-5-9-19(15)25-20)22-16-10-12-18(13-11-16)24-17-7-2-1-3-8-17/h1-13,20H,14H2,(H,22,23)/t20-/m1/s1. The predicted molar refractivity (Wildman–Crippen MR) is 96.1 cm³/mol. The summed E-state index contributed by atoms with van der Waals surface area (Å²) < 4.78 is 11.4. The van der Waals surface area contributed by atoms with E-state index in [0.29, 0.717) is 17.9 Å². The number of para-hydroxylation sites is 2. The van der Waals surface area contributed by atoms with E-state index >= 15 is 0 Å². The smallest absolute Gasteiger partial charge is 0.265 e. The lowest BCUT2D eigenvalue weighted by Gasteiger charge is -2.12. The quantitative estimate of drug-likeness (QED) is 0.770. The summed E-state index contributed by atoms with van der Waals surface area (Å²) in [6.07, 6.45) is 0.106. The SMILES string of the molecule is O=C(Nc1ccc(Oc2ccccc2)cc1)[C@H]1Cc2ccccc2O1. The topological polar surface area (TPSA) is 47.6 Å². The van der Waals surface area contributed by atoms with Crippen molar-refractivity contribution in [2.75, 3.05) is 5.32 Å². The van der Waals surface area contributed by atoms with Gasteiger partial charge in [0.1, 0.15) is 17.2 Å². The zero-order valence-corrected chi connectivity index (χ0v) is 13.5. The molecule has 1 aliphatic heterocycles. The zero-order chi connectivity index (χ0) is 17.1. The highest BCUT2D eigenvalue weighted by Crippen LogP contribution is 2.29. The Kier molecular flexibility index (Phi) is 4.09. The molecule has 0 fully saturated rings. The number of benzene rings is 3. The van der Waals surface area contributed by atoms with Gasteiger partial charge in [-0.25, -0.2) is 0 Å². The molecule has 0 bridgehead atoms. The summed E-state index contributed by atoms with van der Waals surface area (Å²) in [5.74, 6) is 2.13. The van der Waals surface area contributed by atoms with E-state index in [1.165, 1.54) is 0 Å². The molecule has 1 amide bonds. The molecule has 124 valence electrons. The van der Waals surface area contributed by atoms with Crippen LogP contribution >= 0.6 is 0 Å². The van der Waals surface area contributed by atoms with E-state index in [-0.39, 0.29) is 5.91 Å². The Morgan fingerprint density at radius 1 is 0.880 bits per heavy atom. The first-order chi connectivity index (χ1) is 12.3. The highest BCUT2D eigenvalue weighted by molar-refractivity contribution is 5.95. The third-order valence-electron chi connectivity index (χ3n) is 4.04. The summed E-state index contributed by atoms with van der Waals surface area (Å²) in [7, 11) is 0. The van der Waals surface area contributed by atoms with Gasteiger partial charge in [-0.3, -0.25) is 4.79 Å². The molecule has 0 spiro atoms. The van der Waals surface area contributed by atoms with Crippen LogP contribution in [-0.4, -0.2) is 12.0 Å². The van der Waals surface area contributed by atoms with Crippen LogP contribution < -0.4 is 14.8 Å². The summed E-state index contributed by atoms with van der Waals surface area (Å²) >= 11 is 0. The Labute approximate surface area is 146 Å². The lowest BCUT2D eigenvalue weighted by atomic mass is 10.1. The van der Waals surface area contributed by atoms with Gasteiger partial charge in [-0.15, -0.1) is 0 Å². The molecule has 0 radical (unpaired) electrons. The molecule has 0 saturated heterocycles. The van der Waals surface area contributed by atoms with Crippen LogP contribution in [-0.2, 0) is 11.2 Å². The lowest BCUT2D eigenvalue weighted by molar-refractivity contribution is -0.122. The average Bonchev–Trinajstić information content (AvgIpc) is 3.09. The molecule has 0 unspecified atom stereocenters. The molecule has 1 heterocycles.